The van der Waals surface area contributed by atoms with E-state index in [0.717, 1.165) is 5.69 Å². The molecule has 1 rings (SSSR count). The van der Waals surface area contributed by atoms with Gasteiger partial charge in [0, 0.05) is 25.7 Å². The average molecular weight is 249 g/mol. The summed E-state index contributed by atoms with van der Waals surface area (Å²) in [7, 11) is 1.78. The third-order valence-electron chi connectivity index (χ3n) is 3.06. The molecule has 0 saturated heterocycles. The molecule has 1 aromatic heterocycles. The number of hydrogen-bond acceptors (Lipinski definition) is 3. The third kappa shape index (κ3) is 4.45. The van der Waals surface area contributed by atoms with Crippen LogP contribution in [0, 0.1) is 5.41 Å². The minimum atomic E-state index is -0.129. The van der Waals surface area contributed by atoms with Gasteiger partial charge in [-0.05, 0) is 17.5 Å². The summed E-state index contributed by atoms with van der Waals surface area (Å²) in [6, 6.07) is 5.56. The van der Waals surface area contributed by atoms with Gasteiger partial charge >= 0.3 is 0 Å². The monoisotopic (exact) mass is 249 g/mol. The molecule has 0 aliphatic rings. The highest BCUT2D eigenvalue weighted by atomic mass is 16.2. The SMILES string of the molecule is CN(Cc1ccccn1)C(=O)CC(N)C(C)(C)C. The van der Waals surface area contributed by atoms with Gasteiger partial charge in [0.25, 0.3) is 0 Å². The van der Waals surface area contributed by atoms with Gasteiger partial charge in [0.1, 0.15) is 0 Å². The lowest BCUT2D eigenvalue weighted by Gasteiger charge is -2.28. The minimum absolute atomic E-state index is 0.0541. The first kappa shape index (κ1) is 14.6. The van der Waals surface area contributed by atoms with E-state index in [1.165, 1.54) is 0 Å². The van der Waals surface area contributed by atoms with Crippen molar-refractivity contribution in [3.8, 4) is 0 Å². The molecule has 1 heterocycles. The van der Waals surface area contributed by atoms with Crippen LogP contribution in [0.25, 0.3) is 0 Å². The van der Waals surface area contributed by atoms with Crippen LogP contribution in [0.15, 0.2) is 24.4 Å². The third-order valence-corrected chi connectivity index (χ3v) is 3.06. The molecule has 1 amide bonds. The Morgan fingerprint density at radius 3 is 2.61 bits per heavy atom. The summed E-state index contributed by atoms with van der Waals surface area (Å²) >= 11 is 0. The minimum Gasteiger partial charge on any atom is -0.340 e. The molecule has 0 bridgehead atoms. The average Bonchev–Trinajstić information content (AvgIpc) is 2.28. The molecule has 0 spiro atoms. The zero-order chi connectivity index (χ0) is 13.8. The van der Waals surface area contributed by atoms with E-state index in [1.807, 2.05) is 39.0 Å². The van der Waals surface area contributed by atoms with Gasteiger partial charge in [0.05, 0.1) is 12.2 Å². The molecule has 1 atom stereocenters. The predicted octanol–water partition coefficient (Wildman–Crippen LogP) is 1.80. The maximum absolute atomic E-state index is 12.0. The lowest BCUT2D eigenvalue weighted by molar-refractivity contribution is -0.131. The Hall–Kier alpha value is -1.42. The Kier molecular flexibility index (Phi) is 4.84. The number of aromatic nitrogens is 1. The van der Waals surface area contributed by atoms with E-state index in [2.05, 4.69) is 4.98 Å². The molecule has 1 unspecified atom stereocenters. The van der Waals surface area contributed by atoms with Gasteiger partial charge in [-0.15, -0.1) is 0 Å². The summed E-state index contributed by atoms with van der Waals surface area (Å²) in [4.78, 5) is 17.9. The van der Waals surface area contributed by atoms with E-state index < -0.39 is 0 Å². The van der Waals surface area contributed by atoms with Crippen LogP contribution in [0.4, 0.5) is 0 Å². The second kappa shape index (κ2) is 5.96. The number of rotatable bonds is 4. The van der Waals surface area contributed by atoms with E-state index in [1.54, 1.807) is 18.1 Å². The Labute approximate surface area is 109 Å². The molecule has 0 aliphatic heterocycles. The molecular formula is C14H23N3O. The molecule has 100 valence electrons. The number of hydrogen-bond donors (Lipinski definition) is 1. The van der Waals surface area contributed by atoms with Crippen molar-refractivity contribution in [2.75, 3.05) is 7.05 Å². The van der Waals surface area contributed by atoms with Gasteiger partial charge in [0.15, 0.2) is 0 Å². The topological polar surface area (TPSA) is 59.2 Å². The first-order chi connectivity index (χ1) is 8.30. The highest BCUT2D eigenvalue weighted by Gasteiger charge is 2.24. The molecular weight excluding hydrogens is 226 g/mol. The van der Waals surface area contributed by atoms with Crippen LogP contribution in [0.5, 0.6) is 0 Å². The van der Waals surface area contributed by atoms with Gasteiger partial charge < -0.3 is 10.6 Å². The number of amides is 1. The molecule has 4 heteroatoms. The lowest BCUT2D eigenvalue weighted by Crippen LogP contribution is -2.40. The standard InChI is InChI=1S/C14H23N3O/c1-14(2,3)12(15)9-13(18)17(4)10-11-7-5-6-8-16-11/h5-8,12H,9-10,15H2,1-4H3. The Bertz CT molecular complexity index is 384. The van der Waals surface area contributed by atoms with Crippen LogP contribution in [0.2, 0.25) is 0 Å². The van der Waals surface area contributed by atoms with Crippen LogP contribution in [-0.4, -0.2) is 28.9 Å². The number of nitrogens with zero attached hydrogens (tertiary/aromatic N) is 2. The van der Waals surface area contributed by atoms with E-state index >= 15 is 0 Å². The number of nitrogens with two attached hydrogens (primary N) is 1. The highest BCUT2D eigenvalue weighted by molar-refractivity contribution is 5.76. The number of pyridine rings is 1. The highest BCUT2D eigenvalue weighted by Crippen LogP contribution is 2.20. The largest absolute Gasteiger partial charge is 0.340 e. The van der Waals surface area contributed by atoms with E-state index in [9.17, 15) is 4.79 Å². The molecule has 0 radical (unpaired) electrons. The van der Waals surface area contributed by atoms with Crippen molar-refractivity contribution in [3.63, 3.8) is 0 Å². The van der Waals surface area contributed by atoms with E-state index in [4.69, 9.17) is 5.73 Å². The zero-order valence-corrected chi connectivity index (χ0v) is 11.7. The zero-order valence-electron chi connectivity index (χ0n) is 11.7. The Morgan fingerprint density at radius 2 is 2.11 bits per heavy atom. The molecule has 0 aliphatic carbocycles. The Morgan fingerprint density at radius 1 is 1.44 bits per heavy atom. The molecule has 0 fully saturated rings. The summed E-state index contributed by atoms with van der Waals surface area (Å²) in [5.74, 6) is 0.0584. The number of carbonyl (C=O) groups excluding carboxylic acids is 1. The summed E-state index contributed by atoms with van der Waals surface area (Å²) in [5.41, 5.74) is 6.85. The lowest BCUT2D eigenvalue weighted by atomic mass is 9.85. The van der Waals surface area contributed by atoms with Crippen molar-refractivity contribution in [1.82, 2.24) is 9.88 Å². The van der Waals surface area contributed by atoms with Crippen molar-refractivity contribution in [2.24, 2.45) is 11.1 Å². The van der Waals surface area contributed by atoms with Crippen molar-refractivity contribution >= 4 is 5.91 Å². The van der Waals surface area contributed by atoms with Crippen LogP contribution < -0.4 is 5.73 Å². The maximum atomic E-state index is 12.0. The quantitative estimate of drug-likeness (QED) is 0.885. The van der Waals surface area contributed by atoms with Crippen molar-refractivity contribution in [1.29, 1.82) is 0 Å². The molecule has 2 N–H and O–H groups in total. The fourth-order valence-electron chi connectivity index (χ4n) is 1.47. The smallest absolute Gasteiger partial charge is 0.224 e. The van der Waals surface area contributed by atoms with Gasteiger partial charge in [-0.25, -0.2) is 0 Å². The van der Waals surface area contributed by atoms with E-state index in [0.29, 0.717) is 13.0 Å². The van der Waals surface area contributed by atoms with Crippen LogP contribution >= 0.6 is 0 Å². The first-order valence-electron chi connectivity index (χ1n) is 6.20. The van der Waals surface area contributed by atoms with Crippen LogP contribution in [0.3, 0.4) is 0 Å². The fraction of sp³-hybridized carbons (Fsp3) is 0.571. The predicted molar refractivity (Wildman–Crippen MR) is 72.8 cm³/mol. The first-order valence-corrected chi connectivity index (χ1v) is 6.20. The van der Waals surface area contributed by atoms with E-state index in [-0.39, 0.29) is 17.4 Å². The molecule has 0 aromatic carbocycles. The van der Waals surface area contributed by atoms with Crippen LogP contribution in [0.1, 0.15) is 32.9 Å². The summed E-state index contributed by atoms with van der Waals surface area (Å²) in [6.07, 6.45) is 2.10. The van der Waals surface area contributed by atoms with Gasteiger partial charge in [-0.2, -0.15) is 0 Å². The summed E-state index contributed by atoms with van der Waals surface area (Å²) in [6.45, 7) is 6.66. The van der Waals surface area contributed by atoms with Crippen molar-refractivity contribution in [3.05, 3.63) is 30.1 Å². The van der Waals surface area contributed by atoms with Gasteiger partial charge in [-0.3, -0.25) is 9.78 Å². The second-order valence-electron chi connectivity index (χ2n) is 5.75. The Balaban J connectivity index is 2.52. The molecule has 1 aromatic rings. The van der Waals surface area contributed by atoms with Crippen LogP contribution in [-0.2, 0) is 11.3 Å². The summed E-state index contributed by atoms with van der Waals surface area (Å²) < 4.78 is 0. The summed E-state index contributed by atoms with van der Waals surface area (Å²) in [5, 5.41) is 0. The molecule has 0 saturated carbocycles. The number of carbonyl (C=O) groups is 1. The molecule has 18 heavy (non-hydrogen) atoms. The van der Waals surface area contributed by atoms with Gasteiger partial charge in [-0.1, -0.05) is 26.8 Å². The molecule has 4 nitrogen and oxygen atoms in total. The maximum Gasteiger partial charge on any atom is 0.224 e. The second-order valence-corrected chi connectivity index (χ2v) is 5.75. The van der Waals surface area contributed by atoms with Crippen molar-refractivity contribution < 1.29 is 4.79 Å². The van der Waals surface area contributed by atoms with Gasteiger partial charge in [0.2, 0.25) is 5.91 Å². The van der Waals surface area contributed by atoms with Crippen molar-refractivity contribution in [2.45, 2.75) is 39.8 Å². The normalized spacial score (nSPS) is 13.2. The fourth-order valence-corrected chi connectivity index (χ4v) is 1.47.